The average Bonchev–Trinajstić information content (AvgIpc) is 2.81. The summed E-state index contributed by atoms with van der Waals surface area (Å²) >= 11 is 0. The van der Waals surface area contributed by atoms with Crippen LogP contribution in [0.25, 0.3) is 0 Å². The number of piperazine rings is 1. The maximum absolute atomic E-state index is 12.5. The van der Waals surface area contributed by atoms with Crippen molar-refractivity contribution in [2.45, 2.75) is 38.3 Å². The Kier molecular flexibility index (Phi) is 4.68. The molecule has 0 bridgehead atoms. The molecule has 20 heavy (non-hydrogen) atoms. The van der Waals surface area contributed by atoms with Gasteiger partial charge in [0, 0.05) is 38.8 Å². The summed E-state index contributed by atoms with van der Waals surface area (Å²) in [7, 11) is -2.12. The summed E-state index contributed by atoms with van der Waals surface area (Å²) in [5.41, 5.74) is 0. The second-order valence-corrected chi connectivity index (χ2v) is 7.67. The van der Waals surface area contributed by atoms with Crippen molar-refractivity contribution in [2.24, 2.45) is 0 Å². The lowest BCUT2D eigenvalue weighted by Gasteiger charge is -2.42. The molecule has 7 nitrogen and oxygen atoms in total. The van der Waals surface area contributed by atoms with Crippen molar-refractivity contribution in [2.75, 3.05) is 33.2 Å². The van der Waals surface area contributed by atoms with Crippen molar-refractivity contribution in [3.05, 3.63) is 0 Å². The molecule has 0 aromatic carbocycles. The summed E-state index contributed by atoms with van der Waals surface area (Å²) < 4.78 is 27.8. The number of carboxylic acid groups (broad SMARTS) is 1. The van der Waals surface area contributed by atoms with Gasteiger partial charge >= 0.3 is 5.97 Å². The van der Waals surface area contributed by atoms with E-state index in [4.69, 9.17) is 5.11 Å². The predicted molar refractivity (Wildman–Crippen MR) is 74.6 cm³/mol. The Morgan fingerprint density at radius 2 is 2.10 bits per heavy atom. The molecule has 2 saturated heterocycles. The summed E-state index contributed by atoms with van der Waals surface area (Å²) in [6.45, 7) is 4.25. The lowest BCUT2D eigenvalue weighted by atomic mass is 10.1. The van der Waals surface area contributed by atoms with E-state index in [9.17, 15) is 13.2 Å². The highest BCUT2D eigenvalue weighted by atomic mass is 32.2. The molecule has 0 amide bonds. The van der Waals surface area contributed by atoms with Crippen LogP contribution in [0.4, 0.5) is 0 Å². The van der Waals surface area contributed by atoms with E-state index >= 15 is 0 Å². The molecule has 116 valence electrons. The van der Waals surface area contributed by atoms with Gasteiger partial charge < -0.3 is 5.11 Å². The molecule has 8 heteroatoms. The number of hydrogen-bond acceptors (Lipinski definition) is 4. The zero-order valence-electron chi connectivity index (χ0n) is 12.0. The third-order valence-electron chi connectivity index (χ3n) is 4.21. The molecule has 2 aliphatic rings. The first kappa shape index (κ1) is 15.7. The number of aliphatic carboxylic acids is 1. The van der Waals surface area contributed by atoms with E-state index < -0.39 is 16.2 Å². The van der Waals surface area contributed by atoms with Gasteiger partial charge in [0.05, 0.1) is 6.42 Å². The molecule has 2 rings (SSSR count). The van der Waals surface area contributed by atoms with E-state index in [1.54, 1.807) is 0 Å². The van der Waals surface area contributed by atoms with Crippen LogP contribution in [0.1, 0.15) is 26.2 Å². The maximum atomic E-state index is 12.5. The lowest BCUT2D eigenvalue weighted by Crippen LogP contribution is -2.59. The summed E-state index contributed by atoms with van der Waals surface area (Å²) in [5.74, 6) is -0.985. The van der Waals surface area contributed by atoms with E-state index in [0.717, 1.165) is 30.2 Å². The van der Waals surface area contributed by atoms with Gasteiger partial charge in [-0.1, -0.05) is 0 Å². The molecule has 0 spiro atoms. The Hall–Kier alpha value is -0.700. The van der Waals surface area contributed by atoms with Crippen molar-refractivity contribution in [3.63, 3.8) is 0 Å². The molecule has 2 atom stereocenters. The molecule has 0 saturated carbocycles. The van der Waals surface area contributed by atoms with E-state index in [0.29, 0.717) is 12.6 Å². The Morgan fingerprint density at radius 1 is 1.40 bits per heavy atom. The number of carbonyl (C=O) groups is 1. The Bertz CT molecular complexity index is 467. The predicted octanol–water partition coefficient (Wildman–Crippen LogP) is -0.194. The third-order valence-corrected chi connectivity index (χ3v) is 6.28. The number of hydrogen-bond donors (Lipinski definition) is 1. The number of nitrogens with zero attached hydrogens (tertiary/aromatic N) is 3. The van der Waals surface area contributed by atoms with Gasteiger partial charge in [-0.15, -0.1) is 0 Å². The molecule has 2 fully saturated rings. The third kappa shape index (κ3) is 3.13. The second-order valence-electron chi connectivity index (χ2n) is 5.68. The fourth-order valence-corrected chi connectivity index (χ4v) is 4.59. The first-order valence-electron chi connectivity index (χ1n) is 7.01. The Morgan fingerprint density at radius 3 is 2.75 bits per heavy atom. The molecule has 0 aromatic heterocycles. The van der Waals surface area contributed by atoms with Crippen LogP contribution in [0, 0.1) is 0 Å². The smallest absolute Gasteiger partial charge is 0.304 e. The summed E-state index contributed by atoms with van der Waals surface area (Å²) in [4.78, 5) is 12.9. The van der Waals surface area contributed by atoms with Crippen LogP contribution in [-0.4, -0.2) is 78.3 Å². The first-order chi connectivity index (χ1) is 9.32. The Balaban J connectivity index is 2.06. The van der Waals surface area contributed by atoms with Crippen LogP contribution >= 0.6 is 0 Å². The van der Waals surface area contributed by atoms with Crippen LogP contribution in [0.5, 0.6) is 0 Å². The van der Waals surface area contributed by atoms with Gasteiger partial charge in [0.2, 0.25) is 0 Å². The zero-order chi connectivity index (χ0) is 14.9. The van der Waals surface area contributed by atoms with Crippen molar-refractivity contribution in [1.29, 1.82) is 0 Å². The minimum Gasteiger partial charge on any atom is -0.481 e. The van der Waals surface area contributed by atoms with Gasteiger partial charge in [0.15, 0.2) is 0 Å². The largest absolute Gasteiger partial charge is 0.481 e. The average molecular weight is 305 g/mol. The van der Waals surface area contributed by atoms with E-state index in [1.807, 2.05) is 6.92 Å². The lowest BCUT2D eigenvalue weighted by molar-refractivity contribution is -0.137. The first-order valence-corrected chi connectivity index (χ1v) is 8.41. The van der Waals surface area contributed by atoms with E-state index in [2.05, 4.69) is 4.90 Å². The fraction of sp³-hybridized carbons (Fsp3) is 0.917. The molecular weight excluding hydrogens is 282 g/mol. The molecular formula is C12H23N3O4S. The van der Waals surface area contributed by atoms with Gasteiger partial charge in [-0.2, -0.15) is 17.0 Å². The van der Waals surface area contributed by atoms with Gasteiger partial charge in [-0.25, -0.2) is 0 Å². The normalized spacial score (nSPS) is 28.8. The minimum atomic E-state index is -3.57. The summed E-state index contributed by atoms with van der Waals surface area (Å²) in [6, 6.07) is 0.246. The molecule has 2 aliphatic heterocycles. The molecule has 1 N–H and O–H groups in total. The molecule has 0 aromatic rings. The fourth-order valence-electron chi connectivity index (χ4n) is 3.03. The number of carboxylic acids is 1. The van der Waals surface area contributed by atoms with Crippen molar-refractivity contribution in [3.8, 4) is 0 Å². The minimum absolute atomic E-state index is 0.00919. The second kappa shape index (κ2) is 5.97. The van der Waals surface area contributed by atoms with Gasteiger partial charge in [0.25, 0.3) is 10.2 Å². The van der Waals surface area contributed by atoms with Crippen LogP contribution < -0.4 is 0 Å². The topological polar surface area (TPSA) is 81.2 Å². The molecule has 0 aliphatic carbocycles. The van der Waals surface area contributed by atoms with Crippen molar-refractivity contribution in [1.82, 2.24) is 13.5 Å². The maximum Gasteiger partial charge on any atom is 0.304 e. The highest BCUT2D eigenvalue weighted by Crippen LogP contribution is 2.27. The van der Waals surface area contributed by atoms with Crippen LogP contribution in [-0.2, 0) is 15.0 Å². The molecule has 2 heterocycles. The van der Waals surface area contributed by atoms with Gasteiger partial charge in [0.1, 0.15) is 0 Å². The number of rotatable bonds is 5. The van der Waals surface area contributed by atoms with Crippen molar-refractivity contribution >= 4 is 16.2 Å². The Labute approximate surface area is 120 Å². The van der Waals surface area contributed by atoms with Crippen LogP contribution in [0.2, 0.25) is 0 Å². The molecule has 2 unspecified atom stereocenters. The van der Waals surface area contributed by atoms with Crippen molar-refractivity contribution < 1.29 is 18.3 Å². The quantitative estimate of drug-likeness (QED) is 0.761. The van der Waals surface area contributed by atoms with E-state index in [-0.39, 0.29) is 19.0 Å². The van der Waals surface area contributed by atoms with Gasteiger partial charge in [-0.3, -0.25) is 9.69 Å². The highest BCUT2D eigenvalue weighted by molar-refractivity contribution is 7.86. The van der Waals surface area contributed by atoms with Crippen LogP contribution in [0.3, 0.4) is 0 Å². The monoisotopic (exact) mass is 305 g/mol. The summed E-state index contributed by atoms with van der Waals surface area (Å²) in [6.07, 6.45) is 1.99. The highest BCUT2D eigenvalue weighted by Gasteiger charge is 2.41. The van der Waals surface area contributed by atoms with E-state index in [1.165, 1.54) is 11.4 Å². The SMILES string of the molecule is CC1CN2CCCC2CN1S(=O)(=O)N(C)CCC(=O)O. The van der Waals surface area contributed by atoms with Crippen LogP contribution in [0.15, 0.2) is 0 Å². The standard InChI is InChI=1S/C12H23N3O4S/c1-10-8-14-6-3-4-11(14)9-15(10)20(18,19)13(2)7-5-12(16)17/h10-11H,3-9H2,1-2H3,(H,16,17). The molecule has 0 radical (unpaired) electrons. The van der Waals surface area contributed by atoms with Gasteiger partial charge in [-0.05, 0) is 26.3 Å². The number of fused-ring (bicyclic) bond motifs is 1. The summed E-state index contributed by atoms with van der Waals surface area (Å²) in [5, 5.41) is 8.67. The zero-order valence-corrected chi connectivity index (χ0v) is 12.8.